The van der Waals surface area contributed by atoms with Gasteiger partial charge in [0.05, 0.1) is 6.20 Å². The quantitative estimate of drug-likeness (QED) is 0.822. The van der Waals surface area contributed by atoms with Gasteiger partial charge in [0.25, 0.3) is 5.89 Å². The van der Waals surface area contributed by atoms with Crippen LogP contribution in [-0.2, 0) is 0 Å². The SMILES string of the molecule is c1nn[nH]c1-c1nnc(N2CCN3CCC2CC3)o1. The molecular formula is C11H15N7O. The molecule has 19 heavy (non-hydrogen) atoms. The number of nitrogens with zero attached hydrogens (tertiary/aromatic N) is 6. The summed E-state index contributed by atoms with van der Waals surface area (Å²) in [5.41, 5.74) is 0.654. The molecule has 3 aliphatic rings. The maximum absolute atomic E-state index is 5.75. The summed E-state index contributed by atoms with van der Waals surface area (Å²) in [6.45, 7) is 4.37. The molecule has 0 aromatic carbocycles. The van der Waals surface area contributed by atoms with Crippen LogP contribution >= 0.6 is 0 Å². The Kier molecular flexibility index (Phi) is 2.47. The second kappa shape index (κ2) is 4.30. The van der Waals surface area contributed by atoms with Crippen molar-refractivity contribution in [3.63, 3.8) is 0 Å². The van der Waals surface area contributed by atoms with E-state index in [1.54, 1.807) is 6.20 Å². The van der Waals surface area contributed by atoms with Gasteiger partial charge in [-0.05, 0) is 12.8 Å². The molecule has 0 unspecified atom stereocenters. The fourth-order valence-corrected chi connectivity index (χ4v) is 2.88. The van der Waals surface area contributed by atoms with E-state index in [1.165, 1.54) is 25.9 Å². The lowest BCUT2D eigenvalue weighted by Crippen LogP contribution is -2.38. The van der Waals surface area contributed by atoms with Crippen molar-refractivity contribution < 1.29 is 4.42 Å². The molecule has 5 heterocycles. The molecule has 2 aromatic rings. The highest BCUT2D eigenvalue weighted by atomic mass is 16.4. The van der Waals surface area contributed by atoms with Gasteiger partial charge in [-0.25, -0.2) is 0 Å². The Bertz CT molecular complexity index is 543. The van der Waals surface area contributed by atoms with E-state index in [0.717, 1.165) is 13.1 Å². The Labute approximate surface area is 109 Å². The zero-order chi connectivity index (χ0) is 12.7. The Hall–Kier alpha value is -1.96. The first-order valence-corrected chi connectivity index (χ1v) is 6.59. The van der Waals surface area contributed by atoms with Crippen LogP contribution in [0.1, 0.15) is 12.8 Å². The van der Waals surface area contributed by atoms with Crippen LogP contribution in [0.4, 0.5) is 6.01 Å². The summed E-state index contributed by atoms with van der Waals surface area (Å²) in [7, 11) is 0. The number of fused-ring (bicyclic) bond motifs is 4. The van der Waals surface area contributed by atoms with Gasteiger partial charge in [0.1, 0.15) is 5.69 Å². The minimum atomic E-state index is 0.444. The Balaban J connectivity index is 1.62. The molecule has 0 atom stereocenters. The largest absolute Gasteiger partial charge is 0.401 e. The summed E-state index contributed by atoms with van der Waals surface area (Å²) < 4.78 is 5.75. The molecule has 8 nitrogen and oxygen atoms in total. The summed E-state index contributed by atoms with van der Waals surface area (Å²) in [4.78, 5) is 4.74. The molecular weight excluding hydrogens is 246 g/mol. The molecule has 0 saturated carbocycles. The molecule has 1 N–H and O–H groups in total. The number of aromatic amines is 1. The molecule has 5 rings (SSSR count). The monoisotopic (exact) mass is 261 g/mol. The predicted octanol–water partition coefficient (Wildman–Crippen LogP) is 0.139. The third-order valence-corrected chi connectivity index (χ3v) is 3.96. The molecule has 0 spiro atoms. The summed E-state index contributed by atoms with van der Waals surface area (Å²) in [5.74, 6) is 0.444. The van der Waals surface area contributed by atoms with Gasteiger partial charge in [0.2, 0.25) is 0 Å². The van der Waals surface area contributed by atoms with E-state index in [1.807, 2.05) is 0 Å². The van der Waals surface area contributed by atoms with Gasteiger partial charge >= 0.3 is 6.01 Å². The first kappa shape index (κ1) is 10.9. The molecule has 3 aliphatic heterocycles. The average molecular weight is 261 g/mol. The van der Waals surface area contributed by atoms with Crippen molar-refractivity contribution in [1.29, 1.82) is 0 Å². The smallest absolute Gasteiger partial charge is 0.318 e. The number of hydrogen-bond acceptors (Lipinski definition) is 7. The van der Waals surface area contributed by atoms with Gasteiger partial charge in [0, 0.05) is 32.2 Å². The second-order valence-electron chi connectivity index (χ2n) is 5.03. The highest BCUT2D eigenvalue weighted by Gasteiger charge is 2.31. The minimum absolute atomic E-state index is 0.444. The van der Waals surface area contributed by atoms with Crippen LogP contribution in [0.25, 0.3) is 11.6 Å². The fourth-order valence-electron chi connectivity index (χ4n) is 2.88. The second-order valence-corrected chi connectivity index (χ2v) is 5.03. The minimum Gasteiger partial charge on any atom is -0.401 e. The van der Waals surface area contributed by atoms with E-state index in [-0.39, 0.29) is 0 Å². The number of rotatable bonds is 2. The van der Waals surface area contributed by atoms with E-state index < -0.39 is 0 Å². The number of nitrogens with one attached hydrogen (secondary N) is 1. The molecule has 0 amide bonds. The summed E-state index contributed by atoms with van der Waals surface area (Å²) >= 11 is 0. The highest BCUT2D eigenvalue weighted by molar-refractivity contribution is 5.45. The van der Waals surface area contributed by atoms with Gasteiger partial charge in [-0.1, -0.05) is 10.3 Å². The molecule has 2 bridgehead atoms. The van der Waals surface area contributed by atoms with Crippen molar-refractivity contribution in [3.05, 3.63) is 6.20 Å². The Morgan fingerprint density at radius 3 is 2.84 bits per heavy atom. The molecule has 2 aromatic heterocycles. The van der Waals surface area contributed by atoms with E-state index in [2.05, 4.69) is 35.4 Å². The van der Waals surface area contributed by atoms with Gasteiger partial charge in [-0.15, -0.1) is 10.2 Å². The molecule has 3 fully saturated rings. The average Bonchev–Trinajstić information content (AvgIpc) is 3.05. The third-order valence-electron chi connectivity index (χ3n) is 3.96. The van der Waals surface area contributed by atoms with Crippen molar-refractivity contribution >= 4 is 6.01 Å². The molecule has 0 radical (unpaired) electrons. The van der Waals surface area contributed by atoms with E-state index in [4.69, 9.17) is 4.42 Å². The zero-order valence-electron chi connectivity index (χ0n) is 10.5. The summed E-state index contributed by atoms with van der Waals surface area (Å²) in [5, 5.41) is 18.3. The van der Waals surface area contributed by atoms with Crippen molar-refractivity contribution in [2.75, 3.05) is 31.1 Å². The van der Waals surface area contributed by atoms with Gasteiger partial charge in [-0.2, -0.15) is 0 Å². The van der Waals surface area contributed by atoms with Crippen molar-refractivity contribution in [2.24, 2.45) is 0 Å². The fraction of sp³-hybridized carbons (Fsp3) is 0.636. The third kappa shape index (κ3) is 1.88. The molecule has 3 saturated heterocycles. The van der Waals surface area contributed by atoms with Gasteiger partial charge in [-0.3, -0.25) is 5.10 Å². The van der Waals surface area contributed by atoms with Crippen molar-refractivity contribution in [2.45, 2.75) is 18.9 Å². The number of H-pyrrole nitrogens is 1. The molecule has 8 heteroatoms. The number of aromatic nitrogens is 5. The Morgan fingerprint density at radius 2 is 2.05 bits per heavy atom. The van der Waals surface area contributed by atoms with E-state index in [9.17, 15) is 0 Å². The number of hydrogen-bond donors (Lipinski definition) is 1. The molecule has 100 valence electrons. The standard InChI is InChI=1S/C11H15N7O/c1-3-17-4-2-8(1)18(6-5-17)11-15-14-10(19-11)9-7-12-16-13-9/h7-8H,1-6H2,(H,12,13,16). The van der Waals surface area contributed by atoms with Crippen molar-refractivity contribution in [3.8, 4) is 11.6 Å². The first-order chi connectivity index (χ1) is 9.40. The van der Waals surface area contributed by atoms with Crippen LogP contribution < -0.4 is 4.90 Å². The van der Waals surface area contributed by atoms with Crippen LogP contribution in [0.2, 0.25) is 0 Å². The van der Waals surface area contributed by atoms with Crippen LogP contribution in [-0.4, -0.2) is 62.7 Å². The lowest BCUT2D eigenvalue weighted by atomic mass is 10.1. The predicted molar refractivity (Wildman–Crippen MR) is 66.5 cm³/mol. The topological polar surface area (TPSA) is 87.0 Å². The van der Waals surface area contributed by atoms with Crippen LogP contribution in [0.5, 0.6) is 0 Å². The van der Waals surface area contributed by atoms with E-state index >= 15 is 0 Å². The number of piperidine rings is 1. The van der Waals surface area contributed by atoms with Crippen LogP contribution in [0.3, 0.4) is 0 Å². The number of anilines is 1. The van der Waals surface area contributed by atoms with Gasteiger partial charge < -0.3 is 14.2 Å². The lowest BCUT2D eigenvalue weighted by Gasteiger charge is -2.29. The maximum Gasteiger partial charge on any atom is 0.318 e. The van der Waals surface area contributed by atoms with Crippen LogP contribution in [0, 0.1) is 0 Å². The van der Waals surface area contributed by atoms with E-state index in [0.29, 0.717) is 23.6 Å². The first-order valence-electron chi connectivity index (χ1n) is 6.59. The normalized spacial score (nSPS) is 26.6. The summed E-state index contributed by atoms with van der Waals surface area (Å²) in [6.07, 6.45) is 3.92. The molecule has 0 aliphatic carbocycles. The Morgan fingerprint density at radius 1 is 1.16 bits per heavy atom. The zero-order valence-corrected chi connectivity index (χ0v) is 10.5. The van der Waals surface area contributed by atoms with Crippen molar-refractivity contribution in [1.82, 2.24) is 30.5 Å². The van der Waals surface area contributed by atoms with Gasteiger partial charge in [0.15, 0.2) is 0 Å². The lowest BCUT2D eigenvalue weighted by molar-refractivity contribution is 0.249. The summed E-state index contributed by atoms with van der Waals surface area (Å²) in [6, 6.07) is 1.13. The maximum atomic E-state index is 5.75. The highest BCUT2D eigenvalue weighted by Crippen LogP contribution is 2.27. The van der Waals surface area contributed by atoms with Crippen LogP contribution in [0.15, 0.2) is 10.6 Å².